The van der Waals surface area contributed by atoms with Gasteiger partial charge >= 0.3 is 0 Å². The van der Waals surface area contributed by atoms with Crippen LogP contribution in [0, 0.1) is 0 Å². The molecule has 8 nitrogen and oxygen atoms in total. The van der Waals surface area contributed by atoms with Gasteiger partial charge in [-0.1, -0.05) is 0 Å². The number of aromatic nitrogens is 1. The maximum Gasteiger partial charge on any atom is 0.238 e. The summed E-state index contributed by atoms with van der Waals surface area (Å²) in [7, 11) is -7.60. The SMILES string of the molecule is CS(=O)(=O)c1cc(S(N)(=O)=O)ccc1N1CCCN(c2nccs2)CC1. The average molecular weight is 417 g/mol. The maximum atomic E-state index is 12.2. The van der Waals surface area contributed by atoms with Gasteiger partial charge in [-0.05, 0) is 24.6 Å². The highest BCUT2D eigenvalue weighted by Gasteiger charge is 2.24. The van der Waals surface area contributed by atoms with E-state index in [9.17, 15) is 16.8 Å². The summed E-state index contributed by atoms with van der Waals surface area (Å²) in [6.07, 6.45) is 3.66. The van der Waals surface area contributed by atoms with Crippen LogP contribution in [0.4, 0.5) is 10.8 Å². The summed E-state index contributed by atoms with van der Waals surface area (Å²) < 4.78 is 47.6. The van der Waals surface area contributed by atoms with Crippen LogP contribution >= 0.6 is 11.3 Å². The molecule has 0 atom stereocenters. The fourth-order valence-electron chi connectivity index (χ4n) is 2.95. The van der Waals surface area contributed by atoms with E-state index in [0.717, 1.165) is 30.4 Å². The van der Waals surface area contributed by atoms with Crippen LogP contribution in [-0.2, 0) is 19.9 Å². The summed E-state index contributed by atoms with van der Waals surface area (Å²) in [4.78, 5) is 8.23. The molecule has 2 heterocycles. The van der Waals surface area contributed by atoms with E-state index in [1.165, 1.54) is 12.1 Å². The Morgan fingerprint density at radius 1 is 1.08 bits per heavy atom. The van der Waals surface area contributed by atoms with Gasteiger partial charge in [0.15, 0.2) is 15.0 Å². The van der Waals surface area contributed by atoms with Gasteiger partial charge in [0.05, 0.1) is 15.5 Å². The number of nitrogens with zero attached hydrogens (tertiary/aromatic N) is 3. The molecule has 1 aromatic carbocycles. The Morgan fingerprint density at radius 3 is 2.38 bits per heavy atom. The molecule has 11 heteroatoms. The lowest BCUT2D eigenvalue weighted by Crippen LogP contribution is -2.31. The van der Waals surface area contributed by atoms with Crippen LogP contribution in [-0.4, -0.2) is 54.3 Å². The van der Waals surface area contributed by atoms with Crippen LogP contribution in [0.2, 0.25) is 0 Å². The van der Waals surface area contributed by atoms with Crippen molar-refractivity contribution in [2.45, 2.75) is 16.2 Å². The number of rotatable bonds is 4. The van der Waals surface area contributed by atoms with E-state index in [1.54, 1.807) is 17.5 Å². The highest BCUT2D eigenvalue weighted by molar-refractivity contribution is 7.91. The van der Waals surface area contributed by atoms with Crippen molar-refractivity contribution >= 4 is 42.0 Å². The molecular formula is C15H20N4O4S3. The molecule has 0 bridgehead atoms. The summed E-state index contributed by atoms with van der Waals surface area (Å²) >= 11 is 1.57. The van der Waals surface area contributed by atoms with Crippen LogP contribution in [0.25, 0.3) is 0 Å². The molecule has 26 heavy (non-hydrogen) atoms. The molecule has 3 rings (SSSR count). The second kappa shape index (κ2) is 7.14. The van der Waals surface area contributed by atoms with E-state index >= 15 is 0 Å². The van der Waals surface area contributed by atoms with Crippen molar-refractivity contribution in [1.82, 2.24) is 4.98 Å². The molecule has 2 N–H and O–H groups in total. The van der Waals surface area contributed by atoms with Crippen LogP contribution in [0.1, 0.15) is 6.42 Å². The second-order valence-electron chi connectivity index (χ2n) is 6.09. The van der Waals surface area contributed by atoms with E-state index in [4.69, 9.17) is 5.14 Å². The Morgan fingerprint density at radius 2 is 1.77 bits per heavy atom. The molecule has 1 fully saturated rings. The van der Waals surface area contributed by atoms with Gasteiger partial charge in [-0.15, -0.1) is 11.3 Å². The fraction of sp³-hybridized carbons (Fsp3) is 0.400. The van der Waals surface area contributed by atoms with Crippen molar-refractivity contribution < 1.29 is 16.8 Å². The number of benzene rings is 1. The third-order valence-corrected chi connectivity index (χ3v) is 7.05. The van der Waals surface area contributed by atoms with Crippen LogP contribution in [0.15, 0.2) is 39.6 Å². The molecule has 0 unspecified atom stereocenters. The van der Waals surface area contributed by atoms with E-state index in [-0.39, 0.29) is 9.79 Å². The lowest BCUT2D eigenvalue weighted by atomic mass is 10.2. The minimum atomic E-state index is -3.98. The van der Waals surface area contributed by atoms with Gasteiger partial charge in [-0.2, -0.15) is 0 Å². The lowest BCUT2D eigenvalue weighted by molar-refractivity contribution is 0.597. The van der Waals surface area contributed by atoms with Gasteiger partial charge in [0.25, 0.3) is 0 Å². The number of primary sulfonamides is 1. The summed E-state index contributed by atoms with van der Waals surface area (Å²) in [5, 5.41) is 8.01. The molecule has 0 saturated carbocycles. The predicted molar refractivity (Wildman–Crippen MR) is 102 cm³/mol. The van der Waals surface area contributed by atoms with Gasteiger partial charge in [0.1, 0.15) is 0 Å². The van der Waals surface area contributed by atoms with Gasteiger partial charge in [-0.3, -0.25) is 0 Å². The molecule has 1 aliphatic heterocycles. The normalized spacial score (nSPS) is 16.5. The molecule has 1 aromatic heterocycles. The highest BCUT2D eigenvalue weighted by atomic mass is 32.2. The quantitative estimate of drug-likeness (QED) is 0.788. The largest absolute Gasteiger partial charge is 0.369 e. The summed E-state index contributed by atoms with van der Waals surface area (Å²) in [5.41, 5.74) is 0.501. The first-order valence-corrected chi connectivity index (χ1v) is 12.2. The predicted octanol–water partition coefficient (Wildman–Crippen LogP) is 0.911. The van der Waals surface area contributed by atoms with Crippen molar-refractivity contribution in [2.75, 3.05) is 42.2 Å². The molecule has 2 aromatic rings. The van der Waals surface area contributed by atoms with Crippen molar-refractivity contribution in [3.63, 3.8) is 0 Å². The number of anilines is 2. The van der Waals surface area contributed by atoms with Crippen molar-refractivity contribution in [3.05, 3.63) is 29.8 Å². The molecule has 0 aliphatic carbocycles. The fourth-order valence-corrected chi connectivity index (χ4v) is 5.18. The maximum absolute atomic E-state index is 12.2. The van der Waals surface area contributed by atoms with Crippen molar-refractivity contribution in [3.8, 4) is 0 Å². The Kier molecular flexibility index (Phi) is 5.24. The Hall–Kier alpha value is -1.69. The van der Waals surface area contributed by atoms with E-state index in [0.29, 0.717) is 25.3 Å². The third-order valence-electron chi connectivity index (χ3n) is 4.19. The third kappa shape index (κ3) is 4.17. The van der Waals surface area contributed by atoms with Crippen molar-refractivity contribution in [2.24, 2.45) is 5.14 Å². The van der Waals surface area contributed by atoms with Gasteiger partial charge in [0, 0.05) is 44.0 Å². The van der Waals surface area contributed by atoms with Crippen molar-refractivity contribution in [1.29, 1.82) is 0 Å². The monoisotopic (exact) mass is 416 g/mol. The number of hydrogen-bond acceptors (Lipinski definition) is 8. The Labute approximate surface area is 157 Å². The smallest absolute Gasteiger partial charge is 0.238 e. The first-order valence-electron chi connectivity index (χ1n) is 7.92. The lowest BCUT2D eigenvalue weighted by Gasteiger charge is -2.25. The first kappa shape index (κ1) is 19.1. The zero-order chi connectivity index (χ0) is 18.9. The summed E-state index contributed by atoms with van der Waals surface area (Å²) in [6, 6.07) is 4.02. The molecule has 0 spiro atoms. The standard InChI is InChI=1S/C15H20N4O4S3/c1-25(20,21)14-11-12(26(16,22)23)3-4-13(14)18-6-2-7-19(9-8-18)15-17-5-10-24-15/h3-5,10-11H,2,6-9H2,1H3,(H2,16,22,23). The van der Waals surface area contributed by atoms with E-state index < -0.39 is 19.9 Å². The van der Waals surface area contributed by atoms with Gasteiger partial charge < -0.3 is 9.80 Å². The summed E-state index contributed by atoms with van der Waals surface area (Å²) in [5.74, 6) is 0. The summed E-state index contributed by atoms with van der Waals surface area (Å²) in [6.45, 7) is 2.80. The molecule has 0 amide bonds. The number of nitrogens with two attached hydrogens (primary N) is 1. The van der Waals surface area contributed by atoms with E-state index in [1.807, 2.05) is 10.3 Å². The number of sulfonamides is 1. The van der Waals surface area contributed by atoms with Crippen LogP contribution in [0.5, 0.6) is 0 Å². The van der Waals surface area contributed by atoms with Gasteiger partial charge in [0.2, 0.25) is 10.0 Å². The molecule has 142 valence electrons. The first-order chi connectivity index (χ1) is 12.2. The zero-order valence-corrected chi connectivity index (χ0v) is 16.6. The Bertz CT molecular complexity index is 988. The Balaban J connectivity index is 1.93. The molecule has 1 saturated heterocycles. The van der Waals surface area contributed by atoms with Crippen LogP contribution < -0.4 is 14.9 Å². The van der Waals surface area contributed by atoms with Gasteiger partial charge in [-0.25, -0.2) is 27.0 Å². The molecular weight excluding hydrogens is 396 g/mol. The van der Waals surface area contributed by atoms with E-state index in [2.05, 4.69) is 9.88 Å². The highest BCUT2D eigenvalue weighted by Crippen LogP contribution is 2.29. The number of sulfone groups is 1. The number of thiazole rings is 1. The molecule has 1 aliphatic rings. The average Bonchev–Trinajstić information content (AvgIpc) is 2.97. The minimum Gasteiger partial charge on any atom is -0.369 e. The second-order valence-corrected chi connectivity index (χ2v) is 10.5. The number of hydrogen-bond donors (Lipinski definition) is 1. The zero-order valence-electron chi connectivity index (χ0n) is 14.2. The van der Waals surface area contributed by atoms with Crippen LogP contribution in [0.3, 0.4) is 0 Å². The molecule has 0 radical (unpaired) electrons. The topological polar surface area (TPSA) is 114 Å². The minimum absolute atomic E-state index is 0.0216.